The molecule has 0 aromatic carbocycles. The maximum Gasteiger partial charge on any atom is 0.240 e. The first-order valence-electron chi connectivity index (χ1n) is 3.47. The van der Waals surface area contributed by atoms with Gasteiger partial charge in [0, 0.05) is 7.05 Å². The SMILES string of the molecule is CC(C)C(C(N)=O)N(C)C=O. The van der Waals surface area contributed by atoms with Crippen molar-refractivity contribution in [3.05, 3.63) is 0 Å². The minimum absolute atomic E-state index is 0.0581. The number of primary amides is 1. The molecule has 0 spiro atoms. The highest BCUT2D eigenvalue weighted by molar-refractivity contribution is 5.82. The average molecular weight is 158 g/mol. The Morgan fingerprint density at radius 1 is 1.55 bits per heavy atom. The summed E-state index contributed by atoms with van der Waals surface area (Å²) in [6, 6.07) is -0.493. The van der Waals surface area contributed by atoms with Gasteiger partial charge in [0.1, 0.15) is 6.04 Å². The van der Waals surface area contributed by atoms with E-state index in [0.29, 0.717) is 6.41 Å². The molecular formula is C7H14N2O2. The molecule has 1 atom stereocenters. The van der Waals surface area contributed by atoms with E-state index in [2.05, 4.69) is 0 Å². The molecule has 0 aliphatic rings. The van der Waals surface area contributed by atoms with E-state index in [0.717, 1.165) is 0 Å². The van der Waals surface area contributed by atoms with Gasteiger partial charge in [-0.1, -0.05) is 13.8 Å². The third kappa shape index (κ3) is 2.57. The van der Waals surface area contributed by atoms with Crippen LogP contribution in [-0.2, 0) is 9.59 Å². The van der Waals surface area contributed by atoms with Crippen LogP contribution in [0.3, 0.4) is 0 Å². The molecule has 0 aromatic heterocycles. The number of hydrogen-bond donors (Lipinski definition) is 1. The predicted molar refractivity (Wildman–Crippen MR) is 41.6 cm³/mol. The predicted octanol–water partition coefficient (Wildman–Crippen LogP) is -0.416. The number of hydrogen-bond acceptors (Lipinski definition) is 2. The third-order valence-electron chi connectivity index (χ3n) is 1.53. The monoisotopic (exact) mass is 158 g/mol. The van der Waals surface area contributed by atoms with Crippen molar-refractivity contribution in [2.75, 3.05) is 7.05 Å². The van der Waals surface area contributed by atoms with E-state index in [4.69, 9.17) is 5.73 Å². The Labute approximate surface area is 66.4 Å². The van der Waals surface area contributed by atoms with Crippen LogP contribution in [0.15, 0.2) is 0 Å². The molecule has 0 radical (unpaired) electrons. The van der Waals surface area contributed by atoms with Crippen molar-refractivity contribution >= 4 is 12.3 Å². The van der Waals surface area contributed by atoms with E-state index in [1.165, 1.54) is 4.90 Å². The van der Waals surface area contributed by atoms with Crippen LogP contribution in [0.2, 0.25) is 0 Å². The zero-order valence-corrected chi connectivity index (χ0v) is 7.07. The lowest BCUT2D eigenvalue weighted by molar-refractivity contribution is -0.131. The van der Waals surface area contributed by atoms with E-state index in [1.807, 2.05) is 13.8 Å². The molecule has 0 rings (SSSR count). The van der Waals surface area contributed by atoms with E-state index in [-0.39, 0.29) is 5.92 Å². The molecule has 0 aromatic rings. The molecular weight excluding hydrogens is 144 g/mol. The van der Waals surface area contributed by atoms with Gasteiger partial charge < -0.3 is 10.6 Å². The van der Waals surface area contributed by atoms with Gasteiger partial charge in [0.25, 0.3) is 0 Å². The molecule has 2 N–H and O–H groups in total. The highest BCUT2D eigenvalue weighted by atomic mass is 16.2. The zero-order chi connectivity index (χ0) is 9.02. The Morgan fingerprint density at radius 3 is 2.09 bits per heavy atom. The van der Waals surface area contributed by atoms with Gasteiger partial charge in [0.05, 0.1) is 0 Å². The van der Waals surface area contributed by atoms with Crippen molar-refractivity contribution in [3.8, 4) is 0 Å². The minimum atomic E-state index is -0.493. The summed E-state index contributed by atoms with van der Waals surface area (Å²) in [4.78, 5) is 22.3. The highest BCUT2D eigenvalue weighted by Crippen LogP contribution is 2.05. The molecule has 0 saturated heterocycles. The van der Waals surface area contributed by atoms with Crippen LogP contribution in [0, 0.1) is 5.92 Å². The summed E-state index contributed by atoms with van der Waals surface area (Å²) < 4.78 is 0. The van der Waals surface area contributed by atoms with Crippen LogP contribution >= 0.6 is 0 Å². The Balaban J connectivity index is 4.33. The summed E-state index contributed by atoms with van der Waals surface area (Å²) in [6.07, 6.45) is 0.607. The van der Waals surface area contributed by atoms with Gasteiger partial charge in [0.15, 0.2) is 0 Å². The van der Waals surface area contributed by atoms with Crippen molar-refractivity contribution in [3.63, 3.8) is 0 Å². The molecule has 11 heavy (non-hydrogen) atoms. The topological polar surface area (TPSA) is 63.4 Å². The molecule has 0 aliphatic heterocycles. The molecule has 4 heteroatoms. The standard InChI is InChI=1S/C7H14N2O2/c1-5(2)6(7(8)11)9(3)4-10/h4-6H,1-3H3,(H2,8,11). The number of rotatable bonds is 4. The lowest BCUT2D eigenvalue weighted by Crippen LogP contribution is -2.45. The number of nitrogens with two attached hydrogens (primary N) is 1. The Morgan fingerprint density at radius 2 is 2.00 bits per heavy atom. The summed E-state index contributed by atoms with van der Waals surface area (Å²) in [6.45, 7) is 3.69. The fourth-order valence-corrected chi connectivity index (χ4v) is 1.07. The second-order valence-corrected chi connectivity index (χ2v) is 2.86. The molecule has 0 aliphatic carbocycles. The smallest absolute Gasteiger partial charge is 0.240 e. The van der Waals surface area contributed by atoms with Crippen LogP contribution in [0.5, 0.6) is 0 Å². The van der Waals surface area contributed by atoms with Gasteiger partial charge in [-0.15, -0.1) is 0 Å². The highest BCUT2D eigenvalue weighted by Gasteiger charge is 2.22. The van der Waals surface area contributed by atoms with Gasteiger partial charge in [-0.3, -0.25) is 9.59 Å². The van der Waals surface area contributed by atoms with E-state index in [1.54, 1.807) is 7.05 Å². The van der Waals surface area contributed by atoms with Gasteiger partial charge in [-0.25, -0.2) is 0 Å². The van der Waals surface area contributed by atoms with E-state index in [9.17, 15) is 9.59 Å². The van der Waals surface area contributed by atoms with Crippen molar-refractivity contribution in [2.45, 2.75) is 19.9 Å². The Hall–Kier alpha value is -1.06. The molecule has 64 valence electrons. The van der Waals surface area contributed by atoms with E-state index < -0.39 is 11.9 Å². The first-order chi connectivity index (χ1) is 5.00. The molecule has 4 nitrogen and oxygen atoms in total. The van der Waals surface area contributed by atoms with Gasteiger partial charge in [0.2, 0.25) is 12.3 Å². The van der Waals surface area contributed by atoms with Crippen LogP contribution in [0.4, 0.5) is 0 Å². The van der Waals surface area contributed by atoms with Gasteiger partial charge in [-0.05, 0) is 5.92 Å². The second kappa shape index (κ2) is 3.95. The average Bonchev–Trinajstić information content (AvgIpc) is 1.85. The molecule has 0 fully saturated rings. The number of likely N-dealkylation sites (N-methyl/N-ethyl adjacent to an activating group) is 1. The lowest BCUT2D eigenvalue weighted by Gasteiger charge is -2.24. The molecule has 0 saturated carbocycles. The van der Waals surface area contributed by atoms with Crippen molar-refractivity contribution in [1.82, 2.24) is 4.90 Å². The largest absolute Gasteiger partial charge is 0.368 e. The number of carbonyl (C=O) groups is 2. The fourth-order valence-electron chi connectivity index (χ4n) is 1.07. The maximum absolute atomic E-state index is 10.8. The van der Waals surface area contributed by atoms with Gasteiger partial charge in [-0.2, -0.15) is 0 Å². The minimum Gasteiger partial charge on any atom is -0.368 e. The van der Waals surface area contributed by atoms with Crippen LogP contribution < -0.4 is 5.73 Å². The number of carbonyl (C=O) groups excluding carboxylic acids is 2. The van der Waals surface area contributed by atoms with Crippen molar-refractivity contribution < 1.29 is 9.59 Å². The first-order valence-corrected chi connectivity index (χ1v) is 3.47. The maximum atomic E-state index is 10.8. The first kappa shape index (κ1) is 9.94. The van der Waals surface area contributed by atoms with Crippen LogP contribution in [0.1, 0.15) is 13.8 Å². The molecule has 2 amide bonds. The molecule has 0 heterocycles. The van der Waals surface area contributed by atoms with E-state index >= 15 is 0 Å². The van der Waals surface area contributed by atoms with Crippen molar-refractivity contribution in [1.29, 1.82) is 0 Å². The second-order valence-electron chi connectivity index (χ2n) is 2.86. The molecule has 0 bridgehead atoms. The fraction of sp³-hybridized carbons (Fsp3) is 0.714. The number of nitrogens with zero attached hydrogens (tertiary/aromatic N) is 1. The van der Waals surface area contributed by atoms with Crippen LogP contribution in [-0.4, -0.2) is 30.3 Å². The molecule has 1 unspecified atom stereocenters. The quantitative estimate of drug-likeness (QED) is 0.565. The summed E-state index contributed by atoms with van der Waals surface area (Å²) >= 11 is 0. The normalized spacial score (nSPS) is 12.7. The summed E-state index contributed by atoms with van der Waals surface area (Å²) in [5, 5.41) is 0. The Kier molecular flexibility index (Phi) is 3.57. The number of amides is 2. The van der Waals surface area contributed by atoms with Crippen LogP contribution in [0.25, 0.3) is 0 Å². The third-order valence-corrected chi connectivity index (χ3v) is 1.53. The summed E-state index contributed by atoms with van der Waals surface area (Å²) in [7, 11) is 1.54. The van der Waals surface area contributed by atoms with Crippen molar-refractivity contribution in [2.24, 2.45) is 11.7 Å². The summed E-state index contributed by atoms with van der Waals surface area (Å²) in [5.41, 5.74) is 5.07. The zero-order valence-electron chi connectivity index (χ0n) is 7.07. The lowest BCUT2D eigenvalue weighted by atomic mass is 10.0. The van der Waals surface area contributed by atoms with Gasteiger partial charge >= 0.3 is 0 Å². The summed E-state index contributed by atoms with van der Waals surface area (Å²) in [5.74, 6) is -0.405. The Bertz CT molecular complexity index is 157.